The van der Waals surface area contributed by atoms with Crippen LogP contribution < -0.4 is 10.6 Å². The van der Waals surface area contributed by atoms with E-state index in [-0.39, 0.29) is 43.1 Å². The van der Waals surface area contributed by atoms with Crippen LogP contribution in [0.2, 0.25) is 0 Å². The van der Waals surface area contributed by atoms with Gasteiger partial charge in [0.05, 0.1) is 18.6 Å². The summed E-state index contributed by atoms with van der Waals surface area (Å²) in [4.78, 5) is 9.90. The number of fused-ring (bicyclic) bond motifs is 1. The highest BCUT2D eigenvalue weighted by Crippen LogP contribution is 2.36. The first-order valence-corrected chi connectivity index (χ1v) is 16.1. The van der Waals surface area contributed by atoms with Gasteiger partial charge in [-0.05, 0) is 31.7 Å². The van der Waals surface area contributed by atoms with E-state index < -0.39 is 23.4 Å². The first-order chi connectivity index (χ1) is 18.6. The molecule has 4 heterocycles. The second-order valence-electron chi connectivity index (χ2n) is 9.43. The van der Waals surface area contributed by atoms with Gasteiger partial charge in [-0.15, -0.1) is 0 Å². The van der Waals surface area contributed by atoms with Gasteiger partial charge >= 0.3 is 0 Å². The Morgan fingerprint density at radius 1 is 1.15 bits per heavy atom. The lowest BCUT2D eigenvalue weighted by Crippen LogP contribution is -2.42. The molecule has 1 saturated carbocycles. The number of anilines is 1. The molecule has 2 fully saturated rings. The highest BCUT2D eigenvalue weighted by Gasteiger charge is 2.39. The van der Waals surface area contributed by atoms with Crippen LogP contribution >= 0.6 is 30.3 Å². The molecule has 1 aliphatic carbocycles. The molecular weight excluding hydrogens is 650 g/mol. The van der Waals surface area contributed by atoms with E-state index in [0.29, 0.717) is 28.8 Å². The van der Waals surface area contributed by atoms with Gasteiger partial charge in [-0.3, -0.25) is 3.97 Å². The zero-order valence-corrected chi connectivity index (χ0v) is 24.6. The number of alkyl halides is 2. The van der Waals surface area contributed by atoms with Gasteiger partial charge in [0, 0.05) is 78.6 Å². The van der Waals surface area contributed by atoms with Crippen LogP contribution in [0.4, 0.5) is 27.8 Å². The number of likely N-dealkylation sites (tertiary alicyclic amines) is 1. The Morgan fingerprint density at radius 2 is 1.90 bits per heavy atom. The number of hydrogen-bond acceptors (Lipinski definition) is 6. The predicted molar refractivity (Wildman–Crippen MR) is 154 cm³/mol. The maximum Gasteiger partial charge on any atom is 0.266 e. The quantitative estimate of drug-likeness (QED) is 0.199. The highest BCUT2D eigenvalue weighted by molar-refractivity contribution is 14.2. The van der Waals surface area contributed by atoms with Crippen LogP contribution in [0, 0.1) is 17.5 Å². The lowest BCUT2D eigenvalue weighted by molar-refractivity contribution is 0.0144. The first-order valence-electron chi connectivity index (χ1n) is 12.8. The Morgan fingerprint density at radius 3 is 2.59 bits per heavy atom. The minimum atomic E-state index is -2.71. The van der Waals surface area contributed by atoms with Crippen molar-refractivity contribution in [2.75, 3.05) is 18.4 Å². The Hall–Kier alpha value is -2.29. The van der Waals surface area contributed by atoms with Crippen molar-refractivity contribution in [1.29, 1.82) is 0 Å². The van der Waals surface area contributed by atoms with Crippen molar-refractivity contribution < 1.29 is 22.0 Å². The van der Waals surface area contributed by atoms with Crippen LogP contribution in [0.3, 0.4) is 0 Å². The third-order valence-electron chi connectivity index (χ3n) is 6.77. The van der Waals surface area contributed by atoms with Crippen molar-refractivity contribution in [2.45, 2.75) is 64.0 Å². The van der Waals surface area contributed by atoms with E-state index in [2.05, 4.69) is 27.2 Å². The normalized spacial score (nSPS) is 20.5. The van der Waals surface area contributed by atoms with E-state index in [1.54, 1.807) is 15.1 Å². The maximum absolute atomic E-state index is 14.9. The van der Waals surface area contributed by atoms with Crippen LogP contribution in [0.1, 0.15) is 46.0 Å². The van der Waals surface area contributed by atoms with E-state index in [0.717, 1.165) is 31.5 Å². The molecule has 3 aromatic heterocycles. The molecule has 0 amide bonds. The van der Waals surface area contributed by atoms with Gasteiger partial charge in [-0.2, -0.15) is 0 Å². The van der Waals surface area contributed by atoms with Crippen LogP contribution in [-0.2, 0) is 0 Å². The van der Waals surface area contributed by atoms with E-state index >= 15 is 0 Å². The minimum absolute atomic E-state index is 0.0383. The van der Waals surface area contributed by atoms with Crippen molar-refractivity contribution in [3.63, 3.8) is 0 Å². The Labute approximate surface area is 240 Å². The second kappa shape index (κ2) is 12.5. The second-order valence-corrected chi connectivity index (χ2v) is 11.1. The molecule has 1 aliphatic heterocycles. The summed E-state index contributed by atoms with van der Waals surface area (Å²) in [6, 6.07) is 1.80. The molecule has 3 aromatic rings. The van der Waals surface area contributed by atoms with Crippen LogP contribution in [-0.4, -0.2) is 49.9 Å². The zero-order valence-electron chi connectivity index (χ0n) is 21.6. The average molecular weight is 681 g/mol. The summed E-state index contributed by atoms with van der Waals surface area (Å²) >= 11 is 2.03. The molecule has 0 bridgehead atoms. The third kappa shape index (κ3) is 6.72. The molecular formula is C26H30F5IN6S. The molecule has 2 atom stereocenters. The van der Waals surface area contributed by atoms with Crippen LogP contribution in [0.15, 0.2) is 36.9 Å². The number of nitrogens with zero attached hydrogens (tertiary/aromatic N) is 4. The fraction of sp³-hybridized carbons (Fsp3) is 0.462. The van der Waals surface area contributed by atoms with Crippen molar-refractivity contribution >= 4 is 47.2 Å². The third-order valence-corrected chi connectivity index (χ3v) is 8.47. The maximum atomic E-state index is 14.9. The van der Waals surface area contributed by atoms with Gasteiger partial charge < -0.3 is 15.5 Å². The minimum Gasteiger partial charge on any atom is -0.369 e. The molecule has 212 valence electrons. The van der Waals surface area contributed by atoms with Gasteiger partial charge in [0.1, 0.15) is 11.5 Å². The number of halogens is 6. The molecule has 39 heavy (non-hydrogen) atoms. The summed E-state index contributed by atoms with van der Waals surface area (Å²) in [5.41, 5.74) is 0.626. The SMILES string of the molecule is C=C(NC1CCCC(Nc2nc(-c3cn(SI)c4ncc(F)cc34)c(F)cc2F)C1)N1CCC(F)(F)C1.CC. The van der Waals surface area contributed by atoms with Crippen molar-refractivity contribution in [1.82, 2.24) is 24.2 Å². The molecule has 13 heteroatoms. The molecule has 2 unspecified atom stereocenters. The molecule has 5 rings (SSSR count). The van der Waals surface area contributed by atoms with Crippen LogP contribution in [0.25, 0.3) is 22.3 Å². The van der Waals surface area contributed by atoms with Crippen molar-refractivity contribution in [3.8, 4) is 11.3 Å². The molecule has 0 spiro atoms. The Balaban J connectivity index is 0.00000172. The molecule has 0 aromatic carbocycles. The van der Waals surface area contributed by atoms with Gasteiger partial charge in [-0.25, -0.2) is 31.9 Å². The predicted octanol–water partition coefficient (Wildman–Crippen LogP) is 7.51. The summed E-state index contributed by atoms with van der Waals surface area (Å²) in [6.45, 7) is 7.81. The summed E-state index contributed by atoms with van der Waals surface area (Å²) in [5, 5.41) is 6.70. The van der Waals surface area contributed by atoms with Gasteiger partial charge in [-0.1, -0.05) is 20.4 Å². The fourth-order valence-corrected chi connectivity index (χ4v) is 6.25. The molecule has 1 saturated heterocycles. The smallest absolute Gasteiger partial charge is 0.266 e. The summed E-state index contributed by atoms with van der Waals surface area (Å²) in [6.07, 6.45) is 5.43. The lowest BCUT2D eigenvalue weighted by atomic mass is 9.91. The highest BCUT2D eigenvalue weighted by atomic mass is 127. The Kier molecular flexibility index (Phi) is 9.50. The van der Waals surface area contributed by atoms with Crippen molar-refractivity contribution in [2.24, 2.45) is 0 Å². The van der Waals surface area contributed by atoms with Gasteiger partial charge in [0.15, 0.2) is 23.1 Å². The number of hydrogen-bond donors (Lipinski definition) is 2. The number of rotatable bonds is 7. The molecule has 6 nitrogen and oxygen atoms in total. The molecule has 2 N–H and O–H groups in total. The van der Waals surface area contributed by atoms with Gasteiger partial charge in [0.25, 0.3) is 5.92 Å². The molecule has 0 radical (unpaired) electrons. The number of aromatic nitrogens is 3. The summed E-state index contributed by atoms with van der Waals surface area (Å²) in [5.74, 6) is -4.64. The van der Waals surface area contributed by atoms with Gasteiger partial charge in [0.2, 0.25) is 0 Å². The monoisotopic (exact) mass is 680 g/mol. The van der Waals surface area contributed by atoms with E-state index in [9.17, 15) is 22.0 Å². The van der Waals surface area contributed by atoms with E-state index in [1.165, 1.54) is 15.2 Å². The topological polar surface area (TPSA) is 58.0 Å². The first kappa shape index (κ1) is 29.7. The number of nitrogens with one attached hydrogen (secondary N) is 2. The fourth-order valence-electron chi connectivity index (χ4n) is 4.99. The summed E-state index contributed by atoms with van der Waals surface area (Å²) in [7, 11) is 1.28. The lowest BCUT2D eigenvalue weighted by Gasteiger charge is -2.34. The standard InChI is InChI=1S/C24H24F5IN6S.C2H6/c1-13(35-6-5-24(28,29)12-35)32-15-3-2-4-16(8-15)33-22-20(27)9-19(26)21(34-22)18-11-36(37-30)23-17(18)7-14(25)10-31-23;1-2/h7,9-11,15-16,32H,1-6,8,12H2,(H,33,34);1-2H3. The largest absolute Gasteiger partial charge is 0.369 e. The van der Waals surface area contributed by atoms with E-state index in [4.69, 9.17) is 0 Å². The number of pyridine rings is 2. The van der Waals surface area contributed by atoms with E-state index in [1.807, 2.05) is 35.1 Å². The van der Waals surface area contributed by atoms with Crippen LogP contribution in [0.5, 0.6) is 0 Å². The summed E-state index contributed by atoms with van der Waals surface area (Å²) < 4.78 is 72.4. The average Bonchev–Trinajstić information content (AvgIpc) is 3.46. The van der Waals surface area contributed by atoms with Crippen molar-refractivity contribution in [3.05, 3.63) is 54.4 Å². The molecule has 2 aliphatic rings. The Bertz CT molecular complexity index is 1340. The zero-order chi connectivity index (χ0) is 28.3.